The Kier molecular flexibility index (Phi) is 7.48. The van der Waals surface area contributed by atoms with Crippen molar-refractivity contribution in [3.05, 3.63) is 51.8 Å². The highest BCUT2D eigenvalue weighted by molar-refractivity contribution is 6.30. The van der Waals surface area contributed by atoms with Gasteiger partial charge < -0.3 is 15.4 Å². The largest absolute Gasteiger partial charge is 0.375 e. The third-order valence-electron chi connectivity index (χ3n) is 4.36. The minimum atomic E-state index is -0.112. The third kappa shape index (κ3) is 5.22. The number of rotatable bonds is 7. The number of guanidine groups is 1. The Hall–Kier alpha value is -2.05. The number of nitrogens with one attached hydrogen (secondary N) is 2. The van der Waals surface area contributed by atoms with Crippen LogP contribution in [0.15, 0.2) is 29.3 Å². The zero-order chi connectivity index (χ0) is 19.1. The van der Waals surface area contributed by atoms with E-state index in [-0.39, 0.29) is 6.10 Å². The van der Waals surface area contributed by atoms with E-state index in [9.17, 15) is 0 Å². The van der Waals surface area contributed by atoms with E-state index >= 15 is 0 Å². The molecule has 1 unspecified atom stereocenters. The van der Waals surface area contributed by atoms with Crippen LogP contribution in [0.4, 0.5) is 0 Å². The van der Waals surface area contributed by atoms with Crippen molar-refractivity contribution in [3.8, 4) is 0 Å². The summed E-state index contributed by atoms with van der Waals surface area (Å²) in [4.78, 5) is 4.70. The van der Waals surface area contributed by atoms with E-state index in [1.807, 2.05) is 49.8 Å². The van der Waals surface area contributed by atoms with Gasteiger partial charge >= 0.3 is 0 Å². The lowest BCUT2D eigenvalue weighted by atomic mass is 10.1. The summed E-state index contributed by atoms with van der Waals surface area (Å²) in [6, 6.07) is 7.71. The molecule has 0 bridgehead atoms. The third-order valence-corrected chi connectivity index (χ3v) is 4.59. The van der Waals surface area contributed by atoms with Crippen LogP contribution in [-0.2, 0) is 18.3 Å². The lowest BCUT2D eigenvalue weighted by Gasteiger charge is -2.19. The maximum absolute atomic E-state index is 6.09. The molecule has 1 aromatic carbocycles. The molecule has 26 heavy (non-hydrogen) atoms. The molecular formula is C19H28ClN5O. The second-order valence-corrected chi connectivity index (χ2v) is 6.56. The van der Waals surface area contributed by atoms with Crippen LogP contribution < -0.4 is 10.6 Å². The van der Waals surface area contributed by atoms with Gasteiger partial charge in [0.1, 0.15) is 0 Å². The van der Waals surface area contributed by atoms with E-state index < -0.39 is 0 Å². The number of aryl methyl sites for hydroxylation is 2. The van der Waals surface area contributed by atoms with Gasteiger partial charge in [-0.15, -0.1) is 0 Å². The summed E-state index contributed by atoms with van der Waals surface area (Å²) < 4.78 is 7.50. The smallest absolute Gasteiger partial charge is 0.191 e. The second kappa shape index (κ2) is 9.59. The van der Waals surface area contributed by atoms with Gasteiger partial charge in [0, 0.05) is 43.5 Å². The molecule has 2 aromatic rings. The average molecular weight is 378 g/mol. The standard InChI is InChI=1S/C19H28ClN5O/c1-6-21-19(22-11-17-13(2)24-25(4)14(17)3)23-12-18(26-5)15-8-7-9-16(20)10-15/h7-10,18H,6,11-12H2,1-5H3,(H2,21,22,23). The molecule has 0 amide bonds. The Labute approximate surface area is 160 Å². The summed E-state index contributed by atoms with van der Waals surface area (Å²) >= 11 is 6.09. The SMILES string of the molecule is CCNC(=NCc1c(C)nn(C)c1C)NCC(OC)c1cccc(Cl)c1. The summed E-state index contributed by atoms with van der Waals surface area (Å²) in [6.07, 6.45) is -0.112. The Balaban J connectivity index is 2.06. The van der Waals surface area contributed by atoms with Crippen LogP contribution in [0.1, 0.15) is 35.5 Å². The van der Waals surface area contributed by atoms with Gasteiger partial charge in [-0.05, 0) is 38.5 Å². The van der Waals surface area contributed by atoms with Crippen molar-refractivity contribution in [2.75, 3.05) is 20.2 Å². The highest BCUT2D eigenvalue weighted by Gasteiger charge is 2.13. The number of aliphatic imine (C=N–C) groups is 1. The van der Waals surface area contributed by atoms with Crippen molar-refractivity contribution < 1.29 is 4.74 Å². The zero-order valence-corrected chi connectivity index (χ0v) is 16.9. The number of nitrogens with zero attached hydrogens (tertiary/aromatic N) is 3. The minimum absolute atomic E-state index is 0.112. The van der Waals surface area contributed by atoms with Gasteiger partial charge in [-0.25, -0.2) is 4.99 Å². The van der Waals surface area contributed by atoms with E-state index in [0.29, 0.717) is 18.1 Å². The first-order chi connectivity index (χ1) is 12.5. The lowest BCUT2D eigenvalue weighted by molar-refractivity contribution is 0.106. The summed E-state index contributed by atoms with van der Waals surface area (Å²) in [5, 5.41) is 11.8. The lowest BCUT2D eigenvalue weighted by Crippen LogP contribution is -2.39. The van der Waals surface area contributed by atoms with E-state index in [0.717, 1.165) is 35.0 Å². The fourth-order valence-corrected chi connectivity index (χ4v) is 2.98. The molecular weight excluding hydrogens is 350 g/mol. The molecule has 0 spiro atoms. The van der Waals surface area contributed by atoms with Gasteiger partial charge in [-0.1, -0.05) is 23.7 Å². The van der Waals surface area contributed by atoms with Crippen LogP contribution in [0.3, 0.4) is 0 Å². The van der Waals surface area contributed by atoms with Crippen LogP contribution in [0.25, 0.3) is 0 Å². The van der Waals surface area contributed by atoms with E-state index in [1.165, 1.54) is 0 Å². The van der Waals surface area contributed by atoms with Crippen molar-refractivity contribution in [2.45, 2.75) is 33.4 Å². The summed E-state index contributed by atoms with van der Waals surface area (Å²) in [7, 11) is 3.65. The van der Waals surface area contributed by atoms with Gasteiger partial charge in [0.15, 0.2) is 5.96 Å². The van der Waals surface area contributed by atoms with Gasteiger partial charge in [-0.3, -0.25) is 4.68 Å². The fourth-order valence-electron chi connectivity index (χ4n) is 2.78. The predicted molar refractivity (Wildman–Crippen MR) is 107 cm³/mol. The Morgan fingerprint density at radius 1 is 1.35 bits per heavy atom. The first kappa shape index (κ1) is 20.3. The molecule has 2 rings (SSSR count). The summed E-state index contributed by atoms with van der Waals surface area (Å²) in [5.74, 6) is 0.749. The Morgan fingerprint density at radius 2 is 2.12 bits per heavy atom. The van der Waals surface area contributed by atoms with Crippen LogP contribution in [0.2, 0.25) is 5.02 Å². The quantitative estimate of drug-likeness (QED) is 0.574. The van der Waals surface area contributed by atoms with Crippen LogP contribution in [0.5, 0.6) is 0 Å². The summed E-state index contributed by atoms with van der Waals surface area (Å²) in [5.41, 5.74) is 4.33. The number of halogens is 1. The maximum atomic E-state index is 6.09. The molecule has 0 fully saturated rings. The molecule has 1 heterocycles. The van der Waals surface area contributed by atoms with Crippen LogP contribution in [0, 0.1) is 13.8 Å². The number of hydrogen-bond acceptors (Lipinski definition) is 3. The van der Waals surface area contributed by atoms with Crippen LogP contribution >= 0.6 is 11.6 Å². The molecule has 6 nitrogen and oxygen atoms in total. The number of hydrogen-bond donors (Lipinski definition) is 2. The average Bonchev–Trinajstić information content (AvgIpc) is 2.85. The normalized spacial score (nSPS) is 12.9. The van der Waals surface area contributed by atoms with Crippen molar-refractivity contribution >= 4 is 17.6 Å². The van der Waals surface area contributed by atoms with Gasteiger partial charge in [0.25, 0.3) is 0 Å². The maximum Gasteiger partial charge on any atom is 0.191 e. The van der Waals surface area contributed by atoms with Crippen molar-refractivity contribution in [2.24, 2.45) is 12.0 Å². The molecule has 0 saturated carbocycles. The number of benzene rings is 1. The highest BCUT2D eigenvalue weighted by Crippen LogP contribution is 2.19. The Morgan fingerprint density at radius 3 is 2.69 bits per heavy atom. The molecule has 0 aliphatic carbocycles. The molecule has 0 saturated heterocycles. The molecule has 0 radical (unpaired) electrons. The fraction of sp³-hybridized carbons (Fsp3) is 0.474. The monoisotopic (exact) mass is 377 g/mol. The van der Waals surface area contributed by atoms with Crippen molar-refractivity contribution in [1.82, 2.24) is 20.4 Å². The first-order valence-corrected chi connectivity index (χ1v) is 9.13. The van der Waals surface area contributed by atoms with Crippen molar-refractivity contribution in [3.63, 3.8) is 0 Å². The number of ether oxygens (including phenoxy) is 1. The predicted octanol–water partition coefficient (Wildman–Crippen LogP) is 3.13. The molecule has 0 aliphatic heterocycles. The topological polar surface area (TPSA) is 63.5 Å². The number of aromatic nitrogens is 2. The van der Waals surface area contributed by atoms with E-state index in [2.05, 4.69) is 22.7 Å². The zero-order valence-electron chi connectivity index (χ0n) is 16.1. The van der Waals surface area contributed by atoms with E-state index in [1.54, 1.807) is 7.11 Å². The van der Waals surface area contributed by atoms with E-state index in [4.69, 9.17) is 21.3 Å². The first-order valence-electron chi connectivity index (χ1n) is 8.75. The summed E-state index contributed by atoms with van der Waals surface area (Å²) in [6.45, 7) is 8.07. The minimum Gasteiger partial charge on any atom is -0.375 e. The second-order valence-electron chi connectivity index (χ2n) is 6.13. The van der Waals surface area contributed by atoms with Gasteiger partial charge in [-0.2, -0.15) is 5.10 Å². The molecule has 0 aliphatic rings. The molecule has 1 aromatic heterocycles. The molecule has 7 heteroatoms. The number of methoxy groups -OCH3 is 1. The van der Waals surface area contributed by atoms with Gasteiger partial charge in [0.05, 0.1) is 18.3 Å². The van der Waals surface area contributed by atoms with Crippen molar-refractivity contribution in [1.29, 1.82) is 0 Å². The van der Waals surface area contributed by atoms with Gasteiger partial charge in [0.2, 0.25) is 0 Å². The molecule has 142 valence electrons. The Bertz CT molecular complexity index is 756. The molecule has 2 N–H and O–H groups in total. The van der Waals surface area contributed by atoms with Crippen LogP contribution in [-0.4, -0.2) is 35.9 Å². The molecule has 1 atom stereocenters. The highest BCUT2D eigenvalue weighted by atomic mass is 35.5.